The van der Waals surface area contributed by atoms with Crippen molar-refractivity contribution in [1.82, 2.24) is 25.9 Å². The highest BCUT2D eigenvalue weighted by molar-refractivity contribution is 7.53. The Morgan fingerprint density at radius 1 is 0.974 bits per heavy atom. The van der Waals surface area contributed by atoms with Gasteiger partial charge in [0.25, 0.3) is 0 Å². The Morgan fingerprint density at radius 2 is 1.64 bits per heavy atom. The second-order valence-corrected chi connectivity index (χ2v) is 10.1. The van der Waals surface area contributed by atoms with Gasteiger partial charge < -0.3 is 14.2 Å². The van der Waals surface area contributed by atoms with Gasteiger partial charge in [0.1, 0.15) is 5.75 Å². The maximum absolute atomic E-state index is 13.4. The fourth-order valence-corrected chi connectivity index (χ4v) is 4.81. The quantitative estimate of drug-likeness (QED) is 0.194. The molecule has 3 rings (SSSR count). The summed E-state index contributed by atoms with van der Waals surface area (Å²) in [5, 5.41) is 17.2. The molecule has 1 heterocycles. The van der Waals surface area contributed by atoms with Crippen molar-refractivity contribution in [1.29, 1.82) is 0 Å². The molecule has 3 aromatic rings. The summed E-state index contributed by atoms with van der Waals surface area (Å²) in [4.78, 5) is 23.6. The summed E-state index contributed by atoms with van der Waals surface area (Å²) in [6.07, 6.45) is 0.0422. The Kier molecular flexibility index (Phi) is 11.6. The Bertz CT molecular complexity index is 1210. The van der Waals surface area contributed by atoms with Gasteiger partial charge in [0.05, 0.1) is 32.7 Å². The fourth-order valence-electron chi connectivity index (χ4n) is 3.50. The van der Waals surface area contributed by atoms with Crippen molar-refractivity contribution in [2.45, 2.75) is 26.3 Å². The van der Waals surface area contributed by atoms with Crippen molar-refractivity contribution in [2.75, 3.05) is 39.8 Å². The topological polar surface area (TPSA) is 164 Å². The van der Waals surface area contributed by atoms with Crippen molar-refractivity contribution in [3.05, 3.63) is 59.9 Å². The lowest BCUT2D eigenvalue weighted by molar-refractivity contribution is -0.146. The number of hydrogen-bond donors (Lipinski definition) is 2. The molecule has 2 aromatic carbocycles. The van der Waals surface area contributed by atoms with Crippen molar-refractivity contribution in [3.8, 4) is 16.9 Å². The maximum Gasteiger partial charge on any atom is 0.345 e. The molecule has 0 spiro atoms. The van der Waals surface area contributed by atoms with Crippen LogP contribution in [-0.4, -0.2) is 72.4 Å². The molecule has 0 saturated heterocycles. The molecule has 0 bridgehead atoms. The number of ether oxygens (including phenoxy) is 3. The molecule has 0 aliphatic heterocycles. The van der Waals surface area contributed by atoms with E-state index in [0.29, 0.717) is 12.2 Å². The molecule has 1 aromatic heterocycles. The Morgan fingerprint density at radius 3 is 2.21 bits per heavy atom. The molecular weight excluding hydrogens is 529 g/mol. The minimum atomic E-state index is -4.00. The number of esters is 2. The number of aromatic nitrogens is 4. The maximum atomic E-state index is 13.4. The molecule has 1 atom stereocenters. The van der Waals surface area contributed by atoms with Crippen molar-refractivity contribution >= 4 is 19.5 Å². The zero-order valence-electron chi connectivity index (χ0n) is 22.0. The number of H-pyrrole nitrogens is 1. The van der Waals surface area contributed by atoms with Crippen LogP contribution in [0.5, 0.6) is 5.75 Å². The molecule has 0 aliphatic carbocycles. The number of hydrogen-bond acceptors (Lipinski definition) is 12. The molecule has 0 radical (unpaired) electrons. The van der Waals surface area contributed by atoms with E-state index in [9.17, 15) is 14.2 Å². The number of carbonyl (C=O) groups excluding carboxylic acids is 2. The van der Waals surface area contributed by atoms with Crippen LogP contribution in [0.15, 0.2) is 48.5 Å². The average molecular weight is 562 g/mol. The number of tetrazole rings is 1. The van der Waals surface area contributed by atoms with Gasteiger partial charge in [-0.1, -0.05) is 41.6 Å². The molecule has 14 heteroatoms. The minimum Gasteiger partial charge on any atom is -0.497 e. The van der Waals surface area contributed by atoms with Gasteiger partial charge in [-0.25, -0.2) is 9.59 Å². The van der Waals surface area contributed by atoms with Gasteiger partial charge in [0.2, 0.25) is 0 Å². The lowest BCUT2D eigenvalue weighted by atomic mass is 10.0. The Hall–Kier alpha value is -3.64. The van der Waals surface area contributed by atoms with Gasteiger partial charge in [-0.3, -0.25) is 18.9 Å². The van der Waals surface area contributed by atoms with Crippen LogP contribution in [0.4, 0.5) is 0 Å². The fraction of sp³-hybridized carbons (Fsp3) is 0.400. The van der Waals surface area contributed by atoms with Gasteiger partial charge in [0, 0.05) is 0 Å². The molecule has 2 N–H and O–H groups in total. The molecule has 0 fully saturated rings. The van der Waals surface area contributed by atoms with Crippen molar-refractivity contribution in [2.24, 2.45) is 0 Å². The number of nitrogens with zero attached hydrogens (tertiary/aromatic N) is 3. The SMILES string of the molecule is CCOC(=O)COP(=O)(CNC(Cc1ccc(-c2cccc(OC)c2)cc1)c1nn[nH]n1)OCC(=O)OCC. The first-order valence-electron chi connectivity index (χ1n) is 12.2. The zero-order valence-corrected chi connectivity index (χ0v) is 22.9. The first-order valence-corrected chi connectivity index (χ1v) is 14.0. The summed E-state index contributed by atoms with van der Waals surface area (Å²) < 4.78 is 39.0. The van der Waals surface area contributed by atoms with Crippen LogP contribution >= 0.6 is 7.60 Å². The van der Waals surface area contributed by atoms with Crippen molar-refractivity contribution < 1.29 is 37.4 Å². The summed E-state index contributed by atoms with van der Waals surface area (Å²) in [5.74, 6) is -0.362. The number of benzene rings is 2. The second kappa shape index (κ2) is 15.1. The standard InChI is InChI=1S/C25H32N5O8P/c1-4-35-23(31)15-37-39(33,38-16-24(32)36-5-2)17-26-22(25-27-29-30-28-25)13-18-9-11-19(12-10-18)20-7-6-8-21(14-20)34-3/h6-12,14,22,26H,4-5,13,15-17H2,1-3H3,(H,27,28,29,30). The minimum absolute atomic E-state index is 0.130. The van der Waals surface area contributed by atoms with Crippen LogP contribution in [0.1, 0.15) is 31.3 Å². The van der Waals surface area contributed by atoms with E-state index < -0.39 is 38.8 Å². The van der Waals surface area contributed by atoms with E-state index in [0.717, 1.165) is 22.4 Å². The van der Waals surface area contributed by atoms with E-state index >= 15 is 0 Å². The summed E-state index contributed by atoms with van der Waals surface area (Å²) in [5.41, 5.74) is 2.94. The highest BCUT2D eigenvalue weighted by atomic mass is 31.2. The number of aromatic amines is 1. The van der Waals surface area contributed by atoms with Gasteiger partial charge in [-0.2, -0.15) is 5.21 Å². The number of methoxy groups -OCH3 is 1. The van der Waals surface area contributed by atoms with Gasteiger partial charge in [0.15, 0.2) is 19.0 Å². The van der Waals surface area contributed by atoms with Gasteiger partial charge >= 0.3 is 19.5 Å². The number of carbonyl (C=O) groups is 2. The normalized spacial score (nSPS) is 12.1. The summed E-state index contributed by atoms with van der Waals surface area (Å²) in [6.45, 7) is 2.29. The third-order valence-corrected chi connectivity index (χ3v) is 6.99. The number of rotatable bonds is 16. The molecule has 0 aliphatic rings. The zero-order chi connectivity index (χ0) is 28.1. The summed E-state index contributed by atoms with van der Waals surface area (Å²) >= 11 is 0. The van der Waals surface area contributed by atoms with E-state index in [1.807, 2.05) is 48.5 Å². The number of nitrogens with one attached hydrogen (secondary N) is 2. The summed E-state index contributed by atoms with van der Waals surface area (Å²) in [7, 11) is -2.38. The van der Waals surface area contributed by atoms with Gasteiger partial charge in [-0.05, 0) is 49.1 Å². The Labute approximate surface area is 226 Å². The monoisotopic (exact) mass is 561 g/mol. The van der Waals surface area contributed by atoms with Crippen LogP contribution in [0.3, 0.4) is 0 Å². The highest BCUT2D eigenvalue weighted by Gasteiger charge is 2.30. The predicted octanol–water partition coefficient (Wildman–Crippen LogP) is 3.06. The molecule has 1 unspecified atom stereocenters. The average Bonchev–Trinajstić information content (AvgIpc) is 3.49. The van der Waals surface area contributed by atoms with Crippen LogP contribution in [-0.2, 0) is 39.1 Å². The third kappa shape index (κ3) is 9.56. The molecule has 0 amide bonds. The third-order valence-electron chi connectivity index (χ3n) is 5.37. The molecule has 39 heavy (non-hydrogen) atoms. The van der Waals surface area contributed by atoms with E-state index in [4.69, 9.17) is 23.3 Å². The van der Waals surface area contributed by atoms with Crippen molar-refractivity contribution in [3.63, 3.8) is 0 Å². The molecule has 210 valence electrons. The molecule has 13 nitrogen and oxygen atoms in total. The van der Waals surface area contributed by atoms with Crippen LogP contribution in [0.2, 0.25) is 0 Å². The van der Waals surface area contributed by atoms with Crippen LogP contribution in [0.25, 0.3) is 11.1 Å². The van der Waals surface area contributed by atoms with E-state index in [2.05, 4.69) is 25.9 Å². The van der Waals surface area contributed by atoms with Crippen LogP contribution in [0, 0.1) is 0 Å². The molecular formula is C25H32N5O8P. The summed E-state index contributed by atoms with van der Waals surface area (Å²) in [6, 6.07) is 15.1. The largest absolute Gasteiger partial charge is 0.497 e. The first-order chi connectivity index (χ1) is 18.9. The van der Waals surface area contributed by atoms with E-state index in [-0.39, 0.29) is 19.5 Å². The lowest BCUT2D eigenvalue weighted by Gasteiger charge is -2.21. The predicted molar refractivity (Wildman–Crippen MR) is 140 cm³/mol. The second-order valence-electron chi connectivity index (χ2n) is 8.09. The van der Waals surface area contributed by atoms with Gasteiger partial charge in [-0.15, -0.1) is 10.2 Å². The Balaban J connectivity index is 1.72. The van der Waals surface area contributed by atoms with E-state index in [1.165, 1.54) is 0 Å². The lowest BCUT2D eigenvalue weighted by Crippen LogP contribution is -2.28. The van der Waals surface area contributed by atoms with Crippen LogP contribution < -0.4 is 10.1 Å². The highest BCUT2D eigenvalue weighted by Crippen LogP contribution is 2.47. The first kappa shape index (κ1) is 29.9. The van der Waals surface area contributed by atoms with E-state index in [1.54, 1.807) is 21.0 Å². The smallest absolute Gasteiger partial charge is 0.345 e. The molecule has 0 saturated carbocycles.